The number of nitrogens with one attached hydrogen (secondary N) is 2. The van der Waals surface area contributed by atoms with Gasteiger partial charge in [0.25, 0.3) is 5.91 Å². The van der Waals surface area contributed by atoms with Crippen molar-refractivity contribution >= 4 is 11.8 Å². The van der Waals surface area contributed by atoms with Gasteiger partial charge in [-0.15, -0.1) is 0 Å². The molecule has 2 rings (SSSR count). The summed E-state index contributed by atoms with van der Waals surface area (Å²) in [4.78, 5) is 24.4. The number of phenols is 1. The van der Waals surface area contributed by atoms with Gasteiger partial charge in [-0.25, -0.2) is 0 Å². The summed E-state index contributed by atoms with van der Waals surface area (Å²) in [6, 6.07) is 0. The van der Waals surface area contributed by atoms with Gasteiger partial charge >= 0.3 is 0 Å². The van der Waals surface area contributed by atoms with Crippen molar-refractivity contribution in [2.24, 2.45) is 5.92 Å². The van der Waals surface area contributed by atoms with E-state index >= 15 is 0 Å². The zero-order chi connectivity index (χ0) is 20.4. The number of phenolic OH excluding ortho intramolecular Hbond substituents is 1. The second kappa shape index (κ2) is 8.19. The minimum Gasteiger partial charge on any atom is -0.507 e. The molecule has 0 bridgehead atoms. The van der Waals surface area contributed by atoms with E-state index in [0.717, 1.165) is 22.3 Å². The van der Waals surface area contributed by atoms with Crippen molar-refractivity contribution in [2.45, 2.75) is 66.4 Å². The van der Waals surface area contributed by atoms with Crippen LogP contribution in [-0.4, -0.2) is 35.6 Å². The van der Waals surface area contributed by atoms with Crippen LogP contribution in [0.4, 0.5) is 0 Å². The number of hydrogen-bond donors (Lipinski definition) is 3. The van der Waals surface area contributed by atoms with Gasteiger partial charge in [-0.3, -0.25) is 9.59 Å². The first-order valence-corrected chi connectivity index (χ1v) is 9.62. The predicted octanol–water partition coefficient (Wildman–Crippen LogP) is 2.68. The van der Waals surface area contributed by atoms with Gasteiger partial charge in [-0.1, -0.05) is 13.8 Å². The molecule has 0 radical (unpaired) electrons. The fraction of sp³-hybridized carbons (Fsp3) is 0.619. The lowest BCUT2D eigenvalue weighted by Crippen LogP contribution is -2.52. The average Bonchev–Trinajstić information content (AvgIpc) is 2.60. The molecule has 1 heterocycles. The average molecular weight is 376 g/mol. The minimum atomic E-state index is -0.963. The molecule has 3 N–H and O–H groups in total. The summed E-state index contributed by atoms with van der Waals surface area (Å²) < 4.78 is 6.15. The summed E-state index contributed by atoms with van der Waals surface area (Å²) in [5.41, 5.74) is 2.48. The monoisotopic (exact) mass is 376 g/mol. The van der Waals surface area contributed by atoms with Gasteiger partial charge in [0.2, 0.25) is 5.91 Å². The van der Waals surface area contributed by atoms with Crippen molar-refractivity contribution < 1.29 is 19.4 Å². The Morgan fingerprint density at radius 3 is 2.37 bits per heavy atom. The predicted molar refractivity (Wildman–Crippen MR) is 105 cm³/mol. The van der Waals surface area contributed by atoms with Crippen LogP contribution in [0.25, 0.3) is 0 Å². The number of fused-ring (bicyclic) bond motifs is 1. The molecule has 1 aromatic rings. The topological polar surface area (TPSA) is 87.7 Å². The van der Waals surface area contributed by atoms with Crippen LogP contribution in [-0.2, 0) is 16.0 Å². The van der Waals surface area contributed by atoms with Gasteiger partial charge < -0.3 is 20.5 Å². The molecule has 6 heteroatoms. The van der Waals surface area contributed by atoms with E-state index in [2.05, 4.69) is 10.6 Å². The number of aromatic hydroxyl groups is 1. The van der Waals surface area contributed by atoms with Gasteiger partial charge in [0, 0.05) is 31.5 Å². The van der Waals surface area contributed by atoms with Crippen molar-refractivity contribution in [2.75, 3.05) is 13.1 Å². The standard InChI is InChI=1S/C21H32N2O4/c1-12(2)11-17(24)22-9-10-23-20(26)21(6)8-7-16-15(5)18(25)13(3)14(4)19(16)27-21/h12,25H,7-11H2,1-6H3,(H,22,24)(H,23,26). The fourth-order valence-corrected chi connectivity index (χ4v) is 3.42. The lowest BCUT2D eigenvalue weighted by Gasteiger charge is -2.36. The van der Waals surface area contributed by atoms with Crippen LogP contribution in [0.1, 0.15) is 55.9 Å². The molecule has 0 saturated carbocycles. The van der Waals surface area contributed by atoms with Crippen molar-refractivity contribution in [1.82, 2.24) is 10.6 Å². The van der Waals surface area contributed by atoms with E-state index in [1.54, 1.807) is 6.92 Å². The second-order valence-electron chi connectivity index (χ2n) is 8.07. The third kappa shape index (κ3) is 4.54. The van der Waals surface area contributed by atoms with Gasteiger partial charge in [-0.2, -0.15) is 0 Å². The zero-order valence-electron chi connectivity index (χ0n) is 17.3. The highest BCUT2D eigenvalue weighted by molar-refractivity contribution is 5.86. The third-order valence-electron chi connectivity index (χ3n) is 5.33. The maximum Gasteiger partial charge on any atom is 0.263 e. The number of hydrogen-bond acceptors (Lipinski definition) is 4. The van der Waals surface area contributed by atoms with Crippen LogP contribution in [0, 0.1) is 26.7 Å². The highest BCUT2D eigenvalue weighted by Crippen LogP contribution is 2.43. The number of amides is 2. The molecule has 1 aromatic carbocycles. The lowest BCUT2D eigenvalue weighted by atomic mass is 9.86. The molecule has 27 heavy (non-hydrogen) atoms. The first kappa shape index (κ1) is 21.1. The van der Waals surface area contributed by atoms with E-state index in [1.807, 2.05) is 34.6 Å². The first-order valence-electron chi connectivity index (χ1n) is 9.62. The highest BCUT2D eigenvalue weighted by atomic mass is 16.5. The molecule has 1 atom stereocenters. The maximum atomic E-state index is 12.7. The van der Waals surface area contributed by atoms with Gasteiger partial charge in [0.15, 0.2) is 5.60 Å². The second-order valence-corrected chi connectivity index (χ2v) is 8.07. The number of rotatable bonds is 6. The molecule has 0 aromatic heterocycles. The van der Waals surface area contributed by atoms with Crippen molar-refractivity contribution in [3.05, 3.63) is 22.3 Å². The minimum absolute atomic E-state index is 0.00492. The molecule has 1 unspecified atom stereocenters. The highest BCUT2D eigenvalue weighted by Gasteiger charge is 2.40. The Bertz CT molecular complexity index is 742. The Kier molecular flexibility index (Phi) is 6.39. The van der Waals surface area contributed by atoms with Crippen LogP contribution in [0.3, 0.4) is 0 Å². The van der Waals surface area contributed by atoms with E-state index in [0.29, 0.717) is 49.8 Å². The molecule has 0 fully saturated rings. The van der Waals surface area contributed by atoms with E-state index in [4.69, 9.17) is 4.74 Å². The molecule has 6 nitrogen and oxygen atoms in total. The molecular weight excluding hydrogens is 344 g/mol. The molecule has 0 aliphatic carbocycles. The normalized spacial score (nSPS) is 18.6. The smallest absolute Gasteiger partial charge is 0.263 e. The van der Waals surface area contributed by atoms with Crippen molar-refractivity contribution in [3.8, 4) is 11.5 Å². The Morgan fingerprint density at radius 2 is 1.74 bits per heavy atom. The van der Waals surface area contributed by atoms with E-state index < -0.39 is 5.60 Å². The van der Waals surface area contributed by atoms with Gasteiger partial charge in [0.1, 0.15) is 11.5 Å². The summed E-state index contributed by atoms with van der Waals surface area (Å²) in [7, 11) is 0. The van der Waals surface area contributed by atoms with Crippen LogP contribution in [0.2, 0.25) is 0 Å². The van der Waals surface area contributed by atoms with Crippen LogP contribution >= 0.6 is 0 Å². The van der Waals surface area contributed by atoms with E-state index in [9.17, 15) is 14.7 Å². The fourth-order valence-electron chi connectivity index (χ4n) is 3.42. The summed E-state index contributed by atoms with van der Waals surface area (Å²) in [5.74, 6) is 1.13. The first-order chi connectivity index (χ1) is 12.6. The van der Waals surface area contributed by atoms with Gasteiger partial charge in [0.05, 0.1) is 0 Å². The van der Waals surface area contributed by atoms with E-state index in [-0.39, 0.29) is 11.8 Å². The Hall–Kier alpha value is -2.24. The number of carbonyl (C=O) groups excluding carboxylic acids is 2. The molecule has 1 aliphatic heterocycles. The Labute approximate surface area is 161 Å². The largest absolute Gasteiger partial charge is 0.507 e. The molecule has 1 aliphatic rings. The van der Waals surface area contributed by atoms with Crippen LogP contribution < -0.4 is 15.4 Å². The lowest BCUT2D eigenvalue weighted by molar-refractivity contribution is -0.137. The number of ether oxygens (including phenoxy) is 1. The summed E-state index contributed by atoms with van der Waals surface area (Å²) in [6.45, 7) is 12.2. The Balaban J connectivity index is 2.00. The SMILES string of the molecule is Cc1c(C)c2c(c(C)c1O)CCC(C)(C(=O)NCCNC(=O)CC(C)C)O2. The quantitative estimate of drug-likeness (QED) is 0.666. The Morgan fingerprint density at radius 1 is 1.11 bits per heavy atom. The van der Waals surface area contributed by atoms with E-state index in [1.165, 1.54) is 0 Å². The molecule has 0 spiro atoms. The van der Waals surface area contributed by atoms with Crippen molar-refractivity contribution in [1.29, 1.82) is 0 Å². The third-order valence-corrected chi connectivity index (χ3v) is 5.33. The van der Waals surface area contributed by atoms with Gasteiger partial charge in [-0.05, 0) is 56.7 Å². The molecular formula is C21H32N2O4. The molecule has 2 amide bonds. The zero-order valence-corrected chi connectivity index (χ0v) is 17.3. The van der Waals surface area contributed by atoms with Crippen LogP contribution in [0.5, 0.6) is 11.5 Å². The van der Waals surface area contributed by atoms with Crippen molar-refractivity contribution in [3.63, 3.8) is 0 Å². The number of benzene rings is 1. The summed E-state index contributed by atoms with van der Waals surface area (Å²) in [6.07, 6.45) is 1.69. The summed E-state index contributed by atoms with van der Waals surface area (Å²) >= 11 is 0. The summed E-state index contributed by atoms with van der Waals surface area (Å²) in [5, 5.41) is 15.9. The molecule has 150 valence electrons. The number of carbonyl (C=O) groups is 2. The maximum absolute atomic E-state index is 12.7. The van der Waals surface area contributed by atoms with Crippen LogP contribution in [0.15, 0.2) is 0 Å². The molecule has 0 saturated heterocycles.